The summed E-state index contributed by atoms with van der Waals surface area (Å²) in [7, 11) is 0. The zero-order valence-electron chi connectivity index (χ0n) is 17.0. The highest BCUT2D eigenvalue weighted by Crippen LogP contribution is 2.54. The van der Waals surface area contributed by atoms with E-state index in [9.17, 15) is 9.59 Å². The molecule has 6 heteroatoms. The highest BCUT2D eigenvalue weighted by atomic mass is 16.5. The first kappa shape index (κ1) is 20.4. The smallest absolute Gasteiger partial charge is 0.224 e. The maximum Gasteiger partial charge on any atom is 0.224 e. The zero-order valence-corrected chi connectivity index (χ0v) is 17.0. The number of hydrogen-bond donors (Lipinski definition) is 1. The molecule has 2 atom stereocenters. The number of amides is 2. The Labute approximate surface area is 170 Å². The molecule has 0 spiro atoms. The molecule has 0 bridgehead atoms. The number of carbonyl (C=O) groups is 2. The molecule has 0 saturated heterocycles. The number of hydrogen-bond acceptors (Lipinski definition) is 4. The molecule has 0 aromatic heterocycles. The lowest BCUT2D eigenvalue weighted by atomic mass is 9.57. The van der Waals surface area contributed by atoms with Crippen LogP contribution in [0, 0.1) is 23.3 Å². The highest BCUT2D eigenvalue weighted by Gasteiger charge is 2.57. The standard InChI is InChI=1S/C23H24N3O3/c1-15(27)26-19-8-6-5-7-18(19)23(4,20(21(25)28)22(26,2)3)16-9-11-17(12-10-16)29-14-13-24/h6-12,20H,14H2,1-4H3,(H2,25,28). The van der Waals surface area contributed by atoms with Gasteiger partial charge in [-0.15, -0.1) is 0 Å². The molecule has 0 fully saturated rings. The van der Waals surface area contributed by atoms with Crippen molar-refractivity contribution in [3.05, 3.63) is 59.7 Å². The molecular formula is C23H24N3O3. The summed E-state index contributed by atoms with van der Waals surface area (Å²) in [4.78, 5) is 27.0. The van der Waals surface area contributed by atoms with Gasteiger partial charge in [0.05, 0.1) is 11.5 Å². The van der Waals surface area contributed by atoms with Gasteiger partial charge in [-0.1, -0.05) is 25.1 Å². The van der Waals surface area contributed by atoms with E-state index in [1.54, 1.807) is 23.1 Å². The predicted octanol–water partition coefficient (Wildman–Crippen LogP) is 2.94. The number of primary amides is 1. The van der Waals surface area contributed by atoms with Gasteiger partial charge in [0.25, 0.3) is 0 Å². The normalized spacial score (nSPS) is 22.3. The van der Waals surface area contributed by atoms with Gasteiger partial charge in [-0.25, -0.2) is 0 Å². The predicted molar refractivity (Wildman–Crippen MR) is 109 cm³/mol. The van der Waals surface area contributed by atoms with Gasteiger partial charge in [-0.3, -0.25) is 9.59 Å². The molecule has 0 aliphatic carbocycles. The molecule has 2 amide bonds. The fourth-order valence-electron chi connectivity index (χ4n) is 4.88. The second kappa shape index (κ2) is 7.25. The molecule has 149 valence electrons. The Kier molecular flexibility index (Phi) is 5.10. The molecule has 1 aliphatic heterocycles. The number of carbonyl (C=O) groups excluding carboxylic acids is 2. The molecule has 0 saturated carbocycles. The van der Waals surface area contributed by atoms with Crippen molar-refractivity contribution >= 4 is 17.5 Å². The van der Waals surface area contributed by atoms with E-state index in [1.807, 2.05) is 51.1 Å². The molecule has 3 rings (SSSR count). The van der Waals surface area contributed by atoms with Crippen LogP contribution in [0.2, 0.25) is 0 Å². The van der Waals surface area contributed by atoms with Crippen LogP contribution < -0.4 is 15.4 Å². The van der Waals surface area contributed by atoms with E-state index in [0.29, 0.717) is 5.75 Å². The molecule has 1 heterocycles. The van der Waals surface area contributed by atoms with Crippen LogP contribution in [0.3, 0.4) is 0 Å². The number of rotatable bonds is 4. The summed E-state index contributed by atoms with van der Waals surface area (Å²) < 4.78 is 5.35. The van der Waals surface area contributed by atoms with Crippen LogP contribution in [0.25, 0.3) is 0 Å². The summed E-state index contributed by atoms with van der Waals surface area (Å²) >= 11 is 0. The van der Waals surface area contributed by atoms with Crippen LogP contribution in [0.1, 0.15) is 38.8 Å². The molecule has 29 heavy (non-hydrogen) atoms. The van der Waals surface area contributed by atoms with Crippen molar-refractivity contribution < 1.29 is 14.3 Å². The molecular weight excluding hydrogens is 366 g/mol. The first-order valence-electron chi connectivity index (χ1n) is 9.36. The van der Waals surface area contributed by atoms with Crippen LogP contribution in [0.4, 0.5) is 5.69 Å². The summed E-state index contributed by atoms with van der Waals surface area (Å²) in [6.45, 7) is 7.15. The van der Waals surface area contributed by atoms with E-state index >= 15 is 0 Å². The van der Waals surface area contributed by atoms with E-state index in [-0.39, 0.29) is 12.5 Å². The quantitative estimate of drug-likeness (QED) is 0.868. The second-order valence-corrected chi connectivity index (χ2v) is 7.96. The molecule has 6 nitrogen and oxygen atoms in total. The third-order valence-corrected chi connectivity index (χ3v) is 5.86. The van der Waals surface area contributed by atoms with Gasteiger partial charge in [-0.2, -0.15) is 5.26 Å². The van der Waals surface area contributed by atoms with Crippen molar-refractivity contribution in [1.82, 2.24) is 0 Å². The van der Waals surface area contributed by atoms with Crippen molar-refractivity contribution in [3.8, 4) is 11.8 Å². The number of anilines is 1. The largest absolute Gasteiger partial charge is 0.479 e. The minimum Gasteiger partial charge on any atom is -0.479 e. The number of benzene rings is 2. The fourth-order valence-corrected chi connectivity index (χ4v) is 4.88. The van der Waals surface area contributed by atoms with E-state index in [0.717, 1.165) is 16.8 Å². The minimum atomic E-state index is -0.850. The maximum absolute atomic E-state index is 12.8. The minimum absolute atomic E-state index is 0.0427. The summed E-state index contributed by atoms with van der Waals surface area (Å²) in [5.41, 5.74) is 6.70. The summed E-state index contributed by atoms with van der Waals surface area (Å²) in [5, 5.41) is 8.70. The van der Waals surface area contributed by atoms with E-state index in [4.69, 9.17) is 15.7 Å². The van der Waals surface area contributed by atoms with Crippen LogP contribution in [-0.2, 0) is 15.0 Å². The van der Waals surface area contributed by atoms with Gasteiger partial charge < -0.3 is 15.4 Å². The third-order valence-electron chi connectivity index (χ3n) is 5.86. The van der Waals surface area contributed by atoms with Gasteiger partial charge in [0.2, 0.25) is 11.8 Å². The SMILES string of the molecule is CC(=O)N1c2cc[c]cc2C(C)(c2ccc(OCC#N)cc2)C(C(N)=O)C1(C)C. The Hall–Kier alpha value is -3.33. The van der Waals surface area contributed by atoms with Crippen LogP contribution >= 0.6 is 0 Å². The average Bonchev–Trinajstić information content (AvgIpc) is 2.65. The monoisotopic (exact) mass is 390 g/mol. The van der Waals surface area contributed by atoms with Crippen molar-refractivity contribution in [2.24, 2.45) is 11.7 Å². The van der Waals surface area contributed by atoms with E-state index < -0.39 is 22.8 Å². The second-order valence-electron chi connectivity index (χ2n) is 7.96. The molecule has 2 aromatic carbocycles. The number of ether oxygens (including phenoxy) is 1. The molecule has 1 aliphatic rings. The summed E-state index contributed by atoms with van der Waals surface area (Å²) in [5.74, 6) is -0.762. The van der Waals surface area contributed by atoms with Crippen molar-refractivity contribution in [3.63, 3.8) is 0 Å². The molecule has 2 N–H and O–H groups in total. The number of nitriles is 1. The first-order valence-corrected chi connectivity index (χ1v) is 9.36. The molecule has 1 radical (unpaired) electrons. The van der Waals surface area contributed by atoms with E-state index in [2.05, 4.69) is 6.07 Å². The Balaban J connectivity index is 2.26. The summed E-state index contributed by atoms with van der Waals surface area (Å²) in [6.07, 6.45) is 0. The van der Waals surface area contributed by atoms with Gasteiger partial charge in [0.1, 0.15) is 11.8 Å². The number of nitrogens with zero attached hydrogens (tertiary/aromatic N) is 2. The Morgan fingerprint density at radius 1 is 1.24 bits per heavy atom. The first-order chi connectivity index (χ1) is 13.7. The molecule has 2 aromatic rings. The van der Waals surface area contributed by atoms with E-state index in [1.165, 1.54) is 6.92 Å². The van der Waals surface area contributed by atoms with Crippen molar-refractivity contribution in [1.29, 1.82) is 5.26 Å². The zero-order chi connectivity index (χ0) is 21.4. The van der Waals surface area contributed by atoms with Crippen LogP contribution in [0.15, 0.2) is 42.5 Å². The van der Waals surface area contributed by atoms with Crippen LogP contribution in [-0.4, -0.2) is 24.0 Å². The maximum atomic E-state index is 12.8. The summed E-state index contributed by atoms with van der Waals surface area (Å²) in [6, 6.07) is 17.7. The Bertz CT molecular complexity index is 991. The number of nitrogens with two attached hydrogens (primary N) is 1. The van der Waals surface area contributed by atoms with Crippen molar-refractivity contribution in [2.75, 3.05) is 11.5 Å². The Morgan fingerprint density at radius 3 is 2.45 bits per heavy atom. The highest BCUT2D eigenvalue weighted by molar-refractivity contribution is 5.98. The lowest BCUT2D eigenvalue weighted by Gasteiger charge is -2.55. The fraction of sp³-hybridized carbons (Fsp3) is 0.348. The van der Waals surface area contributed by atoms with Gasteiger partial charge in [0, 0.05) is 18.0 Å². The van der Waals surface area contributed by atoms with Crippen molar-refractivity contribution in [2.45, 2.75) is 38.6 Å². The lowest BCUT2D eigenvalue weighted by Crippen LogP contribution is -2.65. The number of fused-ring (bicyclic) bond motifs is 1. The van der Waals surface area contributed by atoms with Gasteiger partial charge in [-0.05, 0) is 55.3 Å². The van der Waals surface area contributed by atoms with Crippen LogP contribution in [0.5, 0.6) is 5.75 Å². The van der Waals surface area contributed by atoms with Gasteiger partial charge >= 0.3 is 0 Å². The van der Waals surface area contributed by atoms with Gasteiger partial charge in [0.15, 0.2) is 6.61 Å². The third kappa shape index (κ3) is 3.13. The Morgan fingerprint density at radius 2 is 1.90 bits per heavy atom. The lowest BCUT2D eigenvalue weighted by molar-refractivity contribution is -0.127. The average molecular weight is 390 g/mol. The topological polar surface area (TPSA) is 96.4 Å². The molecule has 2 unspecified atom stereocenters.